The summed E-state index contributed by atoms with van der Waals surface area (Å²) in [6, 6.07) is 17.3. The van der Waals surface area contributed by atoms with Crippen molar-refractivity contribution in [3.05, 3.63) is 82.3 Å². The summed E-state index contributed by atoms with van der Waals surface area (Å²) in [6.07, 6.45) is 3.20. The van der Waals surface area contributed by atoms with Gasteiger partial charge in [0, 0.05) is 19.3 Å². The standard InChI is InChI=1S/C28H33N5O4/c1-4-5-21(18-34)30-26-25-24(14-15-29-27(25)35)31-28(32-26)33(16-19-6-10-22(36-2)11-7-19)17-20-8-12-23(37-3)13-9-20/h6-15,21,34H,4-5,16-18H2,1-3H3,(H,29,35)(H,30,31,32)/t21-/m1/s1. The van der Waals surface area contributed by atoms with Crippen LogP contribution in [0.15, 0.2) is 65.6 Å². The van der Waals surface area contributed by atoms with E-state index in [1.165, 1.54) is 0 Å². The zero-order valence-corrected chi connectivity index (χ0v) is 21.4. The number of benzene rings is 2. The summed E-state index contributed by atoms with van der Waals surface area (Å²) < 4.78 is 10.6. The molecule has 3 N–H and O–H groups in total. The largest absolute Gasteiger partial charge is 0.497 e. The van der Waals surface area contributed by atoms with E-state index in [2.05, 4.69) is 15.2 Å². The maximum atomic E-state index is 12.7. The van der Waals surface area contributed by atoms with E-state index in [0.29, 0.717) is 35.8 Å². The van der Waals surface area contributed by atoms with E-state index in [0.717, 1.165) is 35.5 Å². The second-order valence-electron chi connectivity index (χ2n) is 8.80. The van der Waals surface area contributed by atoms with Crippen LogP contribution in [0.3, 0.4) is 0 Å². The third-order valence-electron chi connectivity index (χ3n) is 6.15. The second-order valence-corrected chi connectivity index (χ2v) is 8.80. The predicted molar refractivity (Wildman–Crippen MR) is 145 cm³/mol. The highest BCUT2D eigenvalue weighted by Crippen LogP contribution is 2.25. The fourth-order valence-corrected chi connectivity index (χ4v) is 4.18. The number of H-pyrrole nitrogens is 1. The normalized spacial score (nSPS) is 11.8. The lowest BCUT2D eigenvalue weighted by atomic mass is 10.1. The maximum Gasteiger partial charge on any atom is 0.261 e. The van der Waals surface area contributed by atoms with Gasteiger partial charge in [-0.25, -0.2) is 4.98 Å². The molecule has 0 saturated heterocycles. The van der Waals surface area contributed by atoms with E-state index in [9.17, 15) is 9.90 Å². The Kier molecular flexibility index (Phi) is 8.58. The van der Waals surface area contributed by atoms with Crippen LogP contribution in [0.5, 0.6) is 11.5 Å². The van der Waals surface area contributed by atoms with Crippen LogP contribution < -0.4 is 25.2 Å². The molecule has 0 amide bonds. The van der Waals surface area contributed by atoms with Gasteiger partial charge in [0.15, 0.2) is 0 Å². The van der Waals surface area contributed by atoms with Crippen molar-refractivity contribution in [2.24, 2.45) is 0 Å². The summed E-state index contributed by atoms with van der Waals surface area (Å²) >= 11 is 0. The Balaban J connectivity index is 1.78. The molecular weight excluding hydrogens is 470 g/mol. The summed E-state index contributed by atoms with van der Waals surface area (Å²) in [5.74, 6) is 2.44. The van der Waals surface area contributed by atoms with Gasteiger partial charge in [-0.1, -0.05) is 37.6 Å². The number of hydrogen-bond donors (Lipinski definition) is 3. The van der Waals surface area contributed by atoms with Gasteiger partial charge in [-0.05, 0) is 47.9 Å². The first-order chi connectivity index (χ1) is 18.0. The summed E-state index contributed by atoms with van der Waals surface area (Å²) in [6.45, 7) is 3.04. The zero-order valence-electron chi connectivity index (χ0n) is 21.4. The number of hydrogen-bond acceptors (Lipinski definition) is 8. The Morgan fingerprint density at radius 3 is 2.05 bits per heavy atom. The molecule has 194 valence electrons. The number of nitrogens with zero attached hydrogens (tertiary/aromatic N) is 3. The van der Waals surface area contributed by atoms with E-state index in [-0.39, 0.29) is 18.2 Å². The molecule has 0 spiro atoms. The number of anilines is 2. The molecule has 2 aromatic carbocycles. The molecule has 1 atom stereocenters. The molecule has 0 radical (unpaired) electrons. The molecule has 9 heteroatoms. The number of ether oxygens (including phenoxy) is 2. The van der Waals surface area contributed by atoms with Gasteiger partial charge in [0.05, 0.1) is 32.4 Å². The lowest BCUT2D eigenvalue weighted by Gasteiger charge is -2.25. The molecule has 0 aliphatic rings. The molecule has 0 fully saturated rings. The minimum absolute atomic E-state index is 0.0686. The quantitative estimate of drug-likeness (QED) is 0.265. The zero-order chi connectivity index (χ0) is 26.2. The number of methoxy groups -OCH3 is 2. The molecule has 4 aromatic rings. The lowest BCUT2D eigenvalue weighted by Crippen LogP contribution is -2.28. The van der Waals surface area contributed by atoms with Crippen molar-refractivity contribution in [1.29, 1.82) is 0 Å². The molecule has 0 saturated carbocycles. The van der Waals surface area contributed by atoms with Crippen molar-refractivity contribution in [1.82, 2.24) is 15.0 Å². The Hall–Kier alpha value is -4.11. The average molecular weight is 504 g/mol. The molecule has 9 nitrogen and oxygen atoms in total. The molecule has 0 aliphatic carbocycles. The highest BCUT2D eigenvalue weighted by molar-refractivity contribution is 5.89. The first-order valence-corrected chi connectivity index (χ1v) is 12.3. The molecule has 0 aliphatic heterocycles. The third-order valence-corrected chi connectivity index (χ3v) is 6.15. The van der Waals surface area contributed by atoms with Gasteiger partial charge in [0.25, 0.3) is 5.56 Å². The minimum atomic E-state index is -0.281. The first-order valence-electron chi connectivity index (χ1n) is 12.3. The van der Waals surface area contributed by atoms with Gasteiger partial charge in [0.2, 0.25) is 5.95 Å². The Morgan fingerprint density at radius 2 is 1.54 bits per heavy atom. The van der Waals surface area contributed by atoms with Crippen molar-refractivity contribution in [2.75, 3.05) is 31.0 Å². The number of aromatic amines is 1. The number of rotatable bonds is 12. The van der Waals surface area contributed by atoms with E-state index < -0.39 is 0 Å². The molecule has 2 heterocycles. The maximum absolute atomic E-state index is 12.7. The van der Waals surface area contributed by atoms with Crippen molar-refractivity contribution in [3.63, 3.8) is 0 Å². The number of nitrogens with one attached hydrogen (secondary N) is 2. The monoisotopic (exact) mass is 503 g/mol. The predicted octanol–water partition coefficient (Wildman–Crippen LogP) is 4.12. The van der Waals surface area contributed by atoms with Crippen molar-refractivity contribution in [2.45, 2.75) is 38.9 Å². The molecule has 0 unspecified atom stereocenters. The summed E-state index contributed by atoms with van der Waals surface area (Å²) in [5, 5.41) is 13.5. The fourth-order valence-electron chi connectivity index (χ4n) is 4.18. The number of pyridine rings is 1. The van der Waals surface area contributed by atoms with E-state index in [1.54, 1.807) is 26.5 Å². The van der Waals surface area contributed by atoms with Crippen LogP contribution in [0.4, 0.5) is 11.8 Å². The molecule has 0 bridgehead atoms. The number of aliphatic hydroxyl groups is 1. The number of aliphatic hydroxyl groups excluding tert-OH is 1. The van der Waals surface area contributed by atoms with Crippen molar-refractivity contribution < 1.29 is 14.6 Å². The first kappa shape index (κ1) is 26.0. The fraction of sp³-hybridized carbons (Fsp3) is 0.321. The molecule has 2 aromatic heterocycles. The summed E-state index contributed by atoms with van der Waals surface area (Å²) in [5.41, 5.74) is 2.35. The van der Waals surface area contributed by atoms with Crippen LogP contribution in [-0.4, -0.2) is 46.9 Å². The third kappa shape index (κ3) is 6.37. The summed E-state index contributed by atoms with van der Waals surface area (Å²) in [7, 11) is 3.28. The second kappa shape index (κ2) is 12.2. The highest BCUT2D eigenvalue weighted by atomic mass is 16.5. The van der Waals surface area contributed by atoms with Gasteiger partial charge in [-0.15, -0.1) is 0 Å². The van der Waals surface area contributed by atoms with Gasteiger partial charge in [-0.2, -0.15) is 4.98 Å². The van der Waals surface area contributed by atoms with Gasteiger partial charge in [0.1, 0.15) is 22.7 Å². The lowest BCUT2D eigenvalue weighted by molar-refractivity contribution is 0.268. The van der Waals surface area contributed by atoms with Crippen LogP contribution in [0.25, 0.3) is 10.9 Å². The smallest absolute Gasteiger partial charge is 0.261 e. The molecular formula is C28H33N5O4. The van der Waals surface area contributed by atoms with Crippen LogP contribution in [-0.2, 0) is 13.1 Å². The number of fused-ring (bicyclic) bond motifs is 1. The Labute approximate surface area is 216 Å². The number of aromatic nitrogens is 3. The summed E-state index contributed by atoms with van der Waals surface area (Å²) in [4.78, 5) is 27.1. The van der Waals surface area contributed by atoms with E-state index in [1.807, 2.05) is 55.5 Å². The highest BCUT2D eigenvalue weighted by Gasteiger charge is 2.19. The van der Waals surface area contributed by atoms with Crippen LogP contribution in [0.2, 0.25) is 0 Å². The molecule has 37 heavy (non-hydrogen) atoms. The molecule has 4 rings (SSSR count). The van der Waals surface area contributed by atoms with Crippen LogP contribution >= 0.6 is 0 Å². The van der Waals surface area contributed by atoms with Gasteiger partial charge in [-0.3, -0.25) is 4.79 Å². The van der Waals surface area contributed by atoms with E-state index >= 15 is 0 Å². The topological polar surface area (TPSA) is 113 Å². The van der Waals surface area contributed by atoms with Gasteiger partial charge >= 0.3 is 0 Å². The van der Waals surface area contributed by atoms with Crippen molar-refractivity contribution >= 4 is 22.7 Å². The Bertz CT molecular complexity index is 1310. The van der Waals surface area contributed by atoms with Crippen LogP contribution in [0, 0.1) is 0 Å². The van der Waals surface area contributed by atoms with Crippen LogP contribution in [0.1, 0.15) is 30.9 Å². The Morgan fingerprint density at radius 1 is 0.946 bits per heavy atom. The minimum Gasteiger partial charge on any atom is -0.497 e. The SMILES string of the molecule is CCC[C@H](CO)Nc1nc(N(Cc2ccc(OC)cc2)Cc2ccc(OC)cc2)nc2cc[nH]c(=O)c12. The van der Waals surface area contributed by atoms with Gasteiger partial charge < -0.3 is 29.8 Å². The van der Waals surface area contributed by atoms with E-state index in [4.69, 9.17) is 19.4 Å². The average Bonchev–Trinajstić information content (AvgIpc) is 2.93. The van der Waals surface area contributed by atoms with Crippen molar-refractivity contribution in [3.8, 4) is 11.5 Å².